The number of para-hydroxylation sites is 1. The quantitative estimate of drug-likeness (QED) is 0.452. The van der Waals surface area contributed by atoms with E-state index in [4.69, 9.17) is 14.3 Å². The summed E-state index contributed by atoms with van der Waals surface area (Å²) in [5.41, 5.74) is -0.269. The van der Waals surface area contributed by atoms with Gasteiger partial charge in [-0.05, 0) is 41.8 Å². The Bertz CT molecular complexity index is 1220. The molecular weight excluding hydrogens is 444 g/mol. The Morgan fingerprint density at radius 3 is 2.49 bits per heavy atom. The summed E-state index contributed by atoms with van der Waals surface area (Å²) in [4.78, 5) is 32.0. The summed E-state index contributed by atoms with van der Waals surface area (Å²) in [7, 11) is 0. The number of nitrogens with zero attached hydrogens (tertiary/aromatic N) is 1. The average molecular weight is 475 g/mol. The predicted octanol–water partition coefficient (Wildman–Crippen LogP) is 4.75. The molecule has 0 saturated heterocycles. The van der Waals surface area contributed by atoms with Crippen LogP contribution in [-0.2, 0) is 14.4 Å². The third-order valence-electron chi connectivity index (χ3n) is 6.01. The summed E-state index contributed by atoms with van der Waals surface area (Å²) in [5.74, 6) is -0.142. The molecule has 0 aromatic heterocycles. The lowest BCUT2D eigenvalue weighted by Crippen LogP contribution is -2.49. The first kappa shape index (κ1) is 24.3. The van der Waals surface area contributed by atoms with E-state index >= 15 is 0 Å². The average Bonchev–Trinajstić information content (AvgIpc) is 3.31. The molecule has 1 heterocycles. The SMILES string of the molecule is CCOC(=O)C1(COc2ccccc2)CC([C@@H](NC(=O)c2cccc3ccccc23)C(C)C)=NO1. The number of carbonyl (C=O) groups excluding carboxylic acids is 2. The summed E-state index contributed by atoms with van der Waals surface area (Å²) in [6, 6.07) is 22.1. The fourth-order valence-electron chi connectivity index (χ4n) is 4.17. The number of benzene rings is 3. The molecule has 1 N–H and O–H groups in total. The highest BCUT2D eigenvalue weighted by molar-refractivity contribution is 6.09. The number of hydrogen-bond acceptors (Lipinski definition) is 6. The van der Waals surface area contributed by atoms with E-state index in [9.17, 15) is 9.59 Å². The van der Waals surface area contributed by atoms with E-state index in [-0.39, 0.29) is 31.5 Å². The normalized spacial score (nSPS) is 18.0. The van der Waals surface area contributed by atoms with Crippen LogP contribution in [0.5, 0.6) is 5.75 Å². The van der Waals surface area contributed by atoms with E-state index in [1.165, 1.54) is 0 Å². The van der Waals surface area contributed by atoms with Gasteiger partial charge in [0.25, 0.3) is 11.5 Å². The molecule has 1 amide bonds. The van der Waals surface area contributed by atoms with Crippen LogP contribution < -0.4 is 10.1 Å². The van der Waals surface area contributed by atoms with Gasteiger partial charge in [-0.3, -0.25) is 4.79 Å². The van der Waals surface area contributed by atoms with Crippen LogP contribution in [0.2, 0.25) is 0 Å². The van der Waals surface area contributed by atoms with Gasteiger partial charge in [0.05, 0.1) is 18.4 Å². The standard InChI is InChI=1S/C28H30N2O5/c1-4-33-27(32)28(18-34-21-13-6-5-7-14-21)17-24(30-35-28)25(19(2)3)29-26(31)23-16-10-12-20-11-8-9-15-22(20)23/h5-16,19,25H,4,17-18H2,1-3H3,(H,29,31)/t25-,28?/m0/s1. The fraction of sp³-hybridized carbons (Fsp3) is 0.321. The van der Waals surface area contributed by atoms with Crippen LogP contribution in [0.3, 0.4) is 0 Å². The topological polar surface area (TPSA) is 86.2 Å². The zero-order valence-corrected chi connectivity index (χ0v) is 20.2. The van der Waals surface area contributed by atoms with Crippen LogP contribution in [0, 0.1) is 5.92 Å². The molecule has 1 aliphatic heterocycles. The Labute approximate surface area is 205 Å². The Hall–Kier alpha value is -3.87. The van der Waals surface area contributed by atoms with Gasteiger partial charge in [0.1, 0.15) is 12.4 Å². The maximum atomic E-state index is 13.3. The van der Waals surface area contributed by atoms with Gasteiger partial charge in [-0.1, -0.05) is 73.6 Å². The second-order valence-corrected chi connectivity index (χ2v) is 8.89. The monoisotopic (exact) mass is 474 g/mol. The van der Waals surface area contributed by atoms with Crippen molar-refractivity contribution in [3.8, 4) is 5.75 Å². The fourth-order valence-corrected chi connectivity index (χ4v) is 4.17. The summed E-state index contributed by atoms with van der Waals surface area (Å²) in [6.45, 7) is 5.85. The molecule has 7 heteroatoms. The molecule has 3 aromatic rings. The van der Waals surface area contributed by atoms with Crippen LogP contribution in [0.4, 0.5) is 0 Å². The number of carbonyl (C=O) groups is 2. The van der Waals surface area contributed by atoms with Gasteiger partial charge >= 0.3 is 5.97 Å². The van der Waals surface area contributed by atoms with Crippen molar-refractivity contribution in [3.63, 3.8) is 0 Å². The Morgan fingerprint density at radius 2 is 1.74 bits per heavy atom. The number of nitrogens with one attached hydrogen (secondary N) is 1. The molecule has 7 nitrogen and oxygen atoms in total. The summed E-state index contributed by atoms with van der Waals surface area (Å²) in [5, 5.41) is 9.22. The van der Waals surface area contributed by atoms with Gasteiger partial charge in [0.2, 0.25) is 0 Å². The van der Waals surface area contributed by atoms with E-state index in [1.54, 1.807) is 25.1 Å². The zero-order chi connectivity index (χ0) is 24.8. The minimum absolute atomic E-state index is 0.00399. The molecule has 2 atom stereocenters. The molecule has 35 heavy (non-hydrogen) atoms. The first-order chi connectivity index (χ1) is 16.9. The van der Waals surface area contributed by atoms with E-state index in [0.29, 0.717) is 17.0 Å². The van der Waals surface area contributed by atoms with Gasteiger partial charge in [-0.2, -0.15) is 0 Å². The van der Waals surface area contributed by atoms with Crippen molar-refractivity contribution >= 4 is 28.4 Å². The van der Waals surface area contributed by atoms with Crippen molar-refractivity contribution in [1.82, 2.24) is 5.32 Å². The van der Waals surface area contributed by atoms with Crippen molar-refractivity contribution in [2.45, 2.75) is 38.8 Å². The van der Waals surface area contributed by atoms with Crippen LogP contribution in [-0.4, -0.2) is 42.4 Å². The molecule has 0 radical (unpaired) electrons. The Kier molecular flexibility index (Phi) is 7.34. The first-order valence-corrected chi connectivity index (χ1v) is 11.8. The van der Waals surface area contributed by atoms with Gasteiger partial charge in [-0.25, -0.2) is 4.79 Å². The number of hydrogen-bond donors (Lipinski definition) is 1. The highest BCUT2D eigenvalue weighted by Crippen LogP contribution is 2.30. The maximum absolute atomic E-state index is 13.3. The van der Waals surface area contributed by atoms with E-state index in [1.807, 2.05) is 68.4 Å². The number of ether oxygens (including phenoxy) is 2. The summed E-state index contributed by atoms with van der Waals surface area (Å²) < 4.78 is 11.2. The highest BCUT2D eigenvalue weighted by Gasteiger charge is 2.51. The minimum atomic E-state index is -1.42. The molecule has 0 fully saturated rings. The predicted molar refractivity (Wildman–Crippen MR) is 134 cm³/mol. The minimum Gasteiger partial charge on any atom is -0.489 e. The lowest BCUT2D eigenvalue weighted by Gasteiger charge is -2.26. The van der Waals surface area contributed by atoms with Gasteiger partial charge in [-0.15, -0.1) is 0 Å². The lowest BCUT2D eigenvalue weighted by atomic mass is 9.90. The third kappa shape index (κ3) is 5.29. The number of rotatable bonds is 9. The number of esters is 1. The van der Waals surface area contributed by atoms with Crippen LogP contribution in [0.1, 0.15) is 37.6 Å². The van der Waals surface area contributed by atoms with Crippen LogP contribution in [0.25, 0.3) is 10.8 Å². The number of oxime groups is 1. The van der Waals surface area contributed by atoms with Crippen LogP contribution in [0.15, 0.2) is 78.0 Å². The molecule has 0 spiro atoms. The van der Waals surface area contributed by atoms with Crippen molar-refractivity contribution in [2.24, 2.45) is 11.1 Å². The molecule has 1 aliphatic rings. The van der Waals surface area contributed by atoms with E-state index in [0.717, 1.165) is 10.8 Å². The maximum Gasteiger partial charge on any atom is 0.357 e. The molecule has 0 saturated carbocycles. The second-order valence-electron chi connectivity index (χ2n) is 8.89. The van der Waals surface area contributed by atoms with Gasteiger partial charge < -0.3 is 19.6 Å². The molecule has 0 aliphatic carbocycles. The molecule has 1 unspecified atom stereocenters. The van der Waals surface area contributed by atoms with Gasteiger partial charge in [0.15, 0.2) is 0 Å². The third-order valence-corrected chi connectivity index (χ3v) is 6.01. The second kappa shape index (κ2) is 10.6. The Balaban J connectivity index is 1.54. The smallest absolute Gasteiger partial charge is 0.357 e. The number of amides is 1. The molecule has 0 bridgehead atoms. The van der Waals surface area contributed by atoms with Crippen molar-refractivity contribution in [3.05, 3.63) is 78.4 Å². The van der Waals surface area contributed by atoms with Crippen molar-refractivity contribution in [1.29, 1.82) is 0 Å². The summed E-state index contributed by atoms with van der Waals surface area (Å²) >= 11 is 0. The van der Waals surface area contributed by atoms with Crippen LogP contribution >= 0.6 is 0 Å². The summed E-state index contributed by atoms with van der Waals surface area (Å²) in [6.07, 6.45) is 0.150. The highest BCUT2D eigenvalue weighted by atomic mass is 16.7. The molecular formula is C28H30N2O5. The van der Waals surface area contributed by atoms with Gasteiger partial charge in [0, 0.05) is 12.0 Å². The molecule has 182 valence electrons. The lowest BCUT2D eigenvalue weighted by molar-refractivity contribution is -0.172. The zero-order valence-electron chi connectivity index (χ0n) is 20.2. The molecule has 3 aromatic carbocycles. The van der Waals surface area contributed by atoms with Crippen molar-refractivity contribution in [2.75, 3.05) is 13.2 Å². The van der Waals surface area contributed by atoms with E-state index < -0.39 is 17.6 Å². The van der Waals surface area contributed by atoms with Crippen molar-refractivity contribution < 1.29 is 23.9 Å². The first-order valence-electron chi connectivity index (χ1n) is 11.8. The molecule has 4 rings (SSSR count). The number of fused-ring (bicyclic) bond motifs is 1. The largest absolute Gasteiger partial charge is 0.489 e. The van der Waals surface area contributed by atoms with E-state index in [2.05, 4.69) is 10.5 Å². The Morgan fingerprint density at radius 1 is 1.03 bits per heavy atom.